The molecule has 9 heteroatoms. The molecule has 0 bridgehead atoms. The van der Waals surface area contributed by atoms with E-state index in [2.05, 4.69) is 20.6 Å². The van der Waals surface area contributed by atoms with Crippen LogP contribution < -0.4 is 10.6 Å². The molecule has 3 rings (SSSR count). The fourth-order valence-electron chi connectivity index (χ4n) is 2.48. The molecule has 0 saturated carbocycles. The van der Waals surface area contributed by atoms with Gasteiger partial charge in [-0.3, -0.25) is 4.79 Å². The maximum Gasteiger partial charge on any atom is 0.408 e. The van der Waals surface area contributed by atoms with Crippen LogP contribution in [0, 0.1) is 6.92 Å². The van der Waals surface area contributed by atoms with Gasteiger partial charge in [0.05, 0.1) is 17.7 Å². The third-order valence-corrected chi connectivity index (χ3v) is 4.45. The van der Waals surface area contributed by atoms with Crippen LogP contribution in [-0.2, 0) is 9.53 Å². The highest BCUT2D eigenvalue weighted by molar-refractivity contribution is 7.14. The molecule has 0 aliphatic carbocycles. The van der Waals surface area contributed by atoms with Crippen LogP contribution in [0.1, 0.15) is 26.5 Å². The van der Waals surface area contributed by atoms with Crippen molar-refractivity contribution >= 4 is 28.5 Å². The summed E-state index contributed by atoms with van der Waals surface area (Å²) in [5, 5.41) is 7.43. The zero-order chi connectivity index (χ0) is 21.0. The van der Waals surface area contributed by atoms with E-state index in [0.717, 1.165) is 22.6 Å². The first-order valence-electron chi connectivity index (χ1n) is 9.03. The Balaban J connectivity index is 1.61. The lowest BCUT2D eigenvalue weighted by atomic mass is 10.1. The number of hydrogen-bond acceptors (Lipinski definition) is 6. The summed E-state index contributed by atoms with van der Waals surface area (Å²) in [6.45, 7) is 7.01. The predicted octanol–water partition coefficient (Wildman–Crippen LogP) is 3.77. The number of rotatable bonds is 5. The van der Waals surface area contributed by atoms with Gasteiger partial charge in [0, 0.05) is 22.8 Å². The molecule has 2 heterocycles. The van der Waals surface area contributed by atoms with E-state index in [-0.39, 0.29) is 12.5 Å². The minimum Gasteiger partial charge on any atom is -0.444 e. The lowest BCUT2D eigenvalue weighted by Gasteiger charge is -2.19. The van der Waals surface area contributed by atoms with Crippen molar-refractivity contribution in [3.63, 3.8) is 0 Å². The Morgan fingerprint density at radius 3 is 2.76 bits per heavy atom. The number of nitrogens with one attached hydrogen (secondary N) is 2. The van der Waals surface area contributed by atoms with Gasteiger partial charge in [-0.1, -0.05) is 12.1 Å². The Labute approximate surface area is 173 Å². The summed E-state index contributed by atoms with van der Waals surface area (Å²) in [5.41, 5.74) is 2.98. The summed E-state index contributed by atoms with van der Waals surface area (Å²) in [6.07, 6.45) is 3.07. The summed E-state index contributed by atoms with van der Waals surface area (Å²) in [5.74, 6) is -0.376. The Morgan fingerprint density at radius 1 is 1.28 bits per heavy atom. The van der Waals surface area contributed by atoms with Gasteiger partial charge < -0.3 is 19.9 Å². The Bertz CT molecular complexity index is 1020. The lowest BCUT2D eigenvalue weighted by Crippen LogP contribution is -2.37. The Kier molecular flexibility index (Phi) is 5.97. The fourth-order valence-corrected chi connectivity index (χ4v) is 3.22. The van der Waals surface area contributed by atoms with E-state index in [1.807, 2.05) is 47.3 Å². The molecule has 0 aliphatic rings. The number of carbonyl (C=O) groups is 2. The molecule has 0 aliphatic heterocycles. The second-order valence-corrected chi connectivity index (χ2v) is 8.27. The van der Waals surface area contributed by atoms with Gasteiger partial charge in [-0.2, -0.15) is 0 Å². The van der Waals surface area contributed by atoms with Crippen molar-refractivity contribution in [1.82, 2.24) is 19.9 Å². The topological polar surface area (TPSA) is 98.1 Å². The largest absolute Gasteiger partial charge is 0.444 e. The van der Waals surface area contributed by atoms with Gasteiger partial charge >= 0.3 is 6.09 Å². The summed E-state index contributed by atoms with van der Waals surface area (Å²) in [7, 11) is 0. The van der Waals surface area contributed by atoms with Gasteiger partial charge in [0.2, 0.25) is 5.91 Å². The first-order valence-corrected chi connectivity index (χ1v) is 9.91. The van der Waals surface area contributed by atoms with Crippen molar-refractivity contribution in [3.8, 4) is 16.9 Å². The number of benzene rings is 1. The number of thiazole rings is 1. The van der Waals surface area contributed by atoms with Crippen molar-refractivity contribution in [1.29, 1.82) is 0 Å². The van der Waals surface area contributed by atoms with E-state index in [4.69, 9.17) is 4.74 Å². The molecule has 0 saturated heterocycles. The minimum atomic E-state index is -0.640. The molecule has 8 nitrogen and oxygen atoms in total. The fraction of sp³-hybridized carbons (Fsp3) is 0.300. The number of aromatic nitrogens is 3. The van der Waals surface area contributed by atoms with Gasteiger partial charge in [-0.15, -0.1) is 11.3 Å². The molecule has 3 aromatic rings. The summed E-state index contributed by atoms with van der Waals surface area (Å²) >= 11 is 1.32. The zero-order valence-corrected chi connectivity index (χ0v) is 17.5. The molecule has 0 spiro atoms. The quantitative estimate of drug-likeness (QED) is 0.663. The predicted molar refractivity (Wildman–Crippen MR) is 112 cm³/mol. The van der Waals surface area contributed by atoms with Gasteiger partial charge in [-0.05, 0) is 39.8 Å². The van der Waals surface area contributed by atoms with Crippen LogP contribution >= 0.6 is 11.3 Å². The smallest absolute Gasteiger partial charge is 0.408 e. The summed E-state index contributed by atoms with van der Waals surface area (Å²) in [6, 6.07) is 7.90. The van der Waals surface area contributed by atoms with Crippen molar-refractivity contribution in [2.24, 2.45) is 0 Å². The third kappa shape index (κ3) is 5.89. The first kappa shape index (κ1) is 20.5. The monoisotopic (exact) mass is 413 g/mol. The molecule has 0 radical (unpaired) electrons. The van der Waals surface area contributed by atoms with E-state index < -0.39 is 11.7 Å². The third-order valence-electron chi connectivity index (χ3n) is 3.69. The van der Waals surface area contributed by atoms with Crippen LogP contribution in [0.15, 0.2) is 42.2 Å². The summed E-state index contributed by atoms with van der Waals surface area (Å²) in [4.78, 5) is 32.4. The van der Waals surface area contributed by atoms with Crippen molar-refractivity contribution in [2.75, 3.05) is 11.9 Å². The van der Waals surface area contributed by atoms with Crippen LogP contribution in [0.4, 0.5) is 9.93 Å². The SMILES string of the molecule is Cc1cn(-c2cccc(-c3csc(NC(=O)CNC(=O)OC(C)(C)C)n3)c2)cn1. The standard InChI is InChI=1S/C20H23N5O3S/c1-13-10-25(12-22-13)15-7-5-6-14(8-15)16-11-29-18(23-16)24-17(26)9-21-19(27)28-20(2,3)4/h5-8,10-12H,9H2,1-4H3,(H,21,27)(H,23,24,26). The molecule has 0 fully saturated rings. The van der Waals surface area contributed by atoms with Gasteiger partial charge in [0.1, 0.15) is 12.1 Å². The van der Waals surface area contributed by atoms with Crippen LogP contribution in [0.2, 0.25) is 0 Å². The molecule has 2 N–H and O–H groups in total. The Morgan fingerprint density at radius 2 is 2.07 bits per heavy atom. The van der Waals surface area contributed by atoms with E-state index >= 15 is 0 Å². The van der Waals surface area contributed by atoms with Gasteiger partial charge in [0.15, 0.2) is 5.13 Å². The molecular formula is C20H23N5O3S. The van der Waals surface area contributed by atoms with Crippen LogP contribution in [-0.4, -0.2) is 38.7 Å². The highest BCUT2D eigenvalue weighted by atomic mass is 32.1. The van der Waals surface area contributed by atoms with Crippen molar-refractivity contribution < 1.29 is 14.3 Å². The maximum absolute atomic E-state index is 12.0. The van der Waals surface area contributed by atoms with Crippen LogP contribution in [0.3, 0.4) is 0 Å². The molecule has 152 valence electrons. The summed E-state index contributed by atoms with van der Waals surface area (Å²) < 4.78 is 7.04. The second-order valence-electron chi connectivity index (χ2n) is 7.41. The number of anilines is 1. The van der Waals surface area contributed by atoms with Crippen molar-refractivity contribution in [2.45, 2.75) is 33.3 Å². The molecule has 0 atom stereocenters. The lowest BCUT2D eigenvalue weighted by molar-refractivity contribution is -0.115. The number of nitrogens with zero attached hydrogens (tertiary/aromatic N) is 3. The molecule has 29 heavy (non-hydrogen) atoms. The zero-order valence-electron chi connectivity index (χ0n) is 16.7. The van der Waals surface area contributed by atoms with Gasteiger partial charge in [-0.25, -0.2) is 14.8 Å². The number of hydrogen-bond donors (Lipinski definition) is 2. The number of carbonyl (C=O) groups excluding carboxylic acids is 2. The van der Waals surface area contributed by atoms with Crippen LogP contribution in [0.5, 0.6) is 0 Å². The van der Waals surface area contributed by atoms with Gasteiger partial charge in [0.25, 0.3) is 0 Å². The molecular weight excluding hydrogens is 390 g/mol. The van der Waals surface area contributed by atoms with E-state index in [0.29, 0.717) is 5.13 Å². The minimum absolute atomic E-state index is 0.195. The average molecular weight is 414 g/mol. The van der Waals surface area contributed by atoms with E-state index in [9.17, 15) is 9.59 Å². The normalized spacial score (nSPS) is 11.2. The number of alkyl carbamates (subject to hydrolysis) is 1. The second kappa shape index (κ2) is 8.44. The van der Waals surface area contributed by atoms with Crippen LogP contribution in [0.25, 0.3) is 16.9 Å². The Hall–Kier alpha value is -3.20. The highest BCUT2D eigenvalue weighted by Crippen LogP contribution is 2.26. The molecule has 1 aromatic carbocycles. The number of imidazole rings is 1. The highest BCUT2D eigenvalue weighted by Gasteiger charge is 2.17. The van der Waals surface area contributed by atoms with E-state index in [1.54, 1.807) is 27.1 Å². The maximum atomic E-state index is 12.0. The first-order chi connectivity index (χ1) is 13.7. The number of aryl methyl sites for hydroxylation is 1. The number of ether oxygens (including phenoxy) is 1. The molecule has 0 unspecified atom stereocenters. The van der Waals surface area contributed by atoms with Crippen molar-refractivity contribution in [3.05, 3.63) is 47.9 Å². The molecule has 2 amide bonds. The number of amides is 2. The van der Waals surface area contributed by atoms with E-state index in [1.165, 1.54) is 11.3 Å². The molecule has 2 aromatic heterocycles. The average Bonchev–Trinajstić information content (AvgIpc) is 3.28.